The van der Waals surface area contributed by atoms with Crippen molar-refractivity contribution >= 4 is 22.7 Å². The molecule has 0 spiro atoms. The molecule has 0 saturated carbocycles. The van der Waals surface area contributed by atoms with E-state index in [1.54, 1.807) is 12.1 Å². The second-order valence-electron chi connectivity index (χ2n) is 2.88. The van der Waals surface area contributed by atoms with Gasteiger partial charge in [0.1, 0.15) is 0 Å². The van der Waals surface area contributed by atoms with E-state index in [4.69, 9.17) is 16.2 Å². The average molecular weight is 219 g/mol. The van der Waals surface area contributed by atoms with E-state index in [9.17, 15) is 4.21 Å². The molecular formula is C9H11ClO2S. The molecule has 0 bridgehead atoms. The molecule has 1 aromatic carbocycles. The van der Waals surface area contributed by atoms with Gasteiger partial charge >= 0.3 is 0 Å². The summed E-state index contributed by atoms with van der Waals surface area (Å²) < 4.78 is 19.4. The third kappa shape index (κ3) is 3.46. The number of benzene rings is 1. The molecule has 0 radical (unpaired) electrons. The van der Waals surface area contributed by atoms with Gasteiger partial charge in [0, 0.05) is 5.38 Å². The van der Waals surface area contributed by atoms with Crippen molar-refractivity contribution in [2.75, 3.05) is 0 Å². The van der Waals surface area contributed by atoms with Gasteiger partial charge in [0.15, 0.2) is 11.1 Å². The molecule has 1 N–H and O–H groups in total. The first-order chi connectivity index (χ1) is 6.09. The molecule has 0 saturated heterocycles. The molecule has 13 heavy (non-hydrogen) atoms. The van der Waals surface area contributed by atoms with Gasteiger partial charge in [-0.3, -0.25) is 0 Å². The van der Waals surface area contributed by atoms with Crippen molar-refractivity contribution in [1.29, 1.82) is 0 Å². The van der Waals surface area contributed by atoms with Crippen LogP contribution in [0.4, 0.5) is 0 Å². The van der Waals surface area contributed by atoms with Crippen LogP contribution in [0.5, 0.6) is 0 Å². The Bertz CT molecular complexity index is 295. The van der Waals surface area contributed by atoms with E-state index in [1.165, 1.54) is 0 Å². The summed E-state index contributed by atoms with van der Waals surface area (Å²) in [6, 6.07) is 6.93. The molecular weight excluding hydrogens is 208 g/mol. The topological polar surface area (TPSA) is 37.3 Å². The fourth-order valence-electron chi connectivity index (χ4n) is 1.07. The fourth-order valence-corrected chi connectivity index (χ4v) is 1.61. The molecule has 0 heterocycles. The summed E-state index contributed by atoms with van der Waals surface area (Å²) in [5, 5.41) is 0.0884. The fraction of sp³-hybridized carbons (Fsp3) is 0.333. The summed E-state index contributed by atoms with van der Waals surface area (Å²) in [4.78, 5) is 0.422. The summed E-state index contributed by atoms with van der Waals surface area (Å²) >= 11 is 3.92. The van der Waals surface area contributed by atoms with Gasteiger partial charge in [0.25, 0.3) is 0 Å². The number of rotatable bonds is 3. The lowest BCUT2D eigenvalue weighted by atomic mass is 10.1. The molecule has 2 atom stereocenters. The first kappa shape index (κ1) is 10.7. The number of halogens is 1. The molecule has 0 aromatic heterocycles. The van der Waals surface area contributed by atoms with Crippen LogP contribution in [0.15, 0.2) is 29.2 Å². The Labute approximate surface area is 85.2 Å². The minimum atomic E-state index is -1.88. The van der Waals surface area contributed by atoms with E-state index < -0.39 is 11.1 Å². The van der Waals surface area contributed by atoms with Crippen LogP contribution in [0.2, 0.25) is 0 Å². The molecule has 2 unspecified atom stereocenters. The Morgan fingerprint density at radius 2 is 2.00 bits per heavy atom. The van der Waals surface area contributed by atoms with E-state index in [1.807, 2.05) is 19.1 Å². The monoisotopic (exact) mass is 218 g/mol. The van der Waals surface area contributed by atoms with Crippen LogP contribution < -0.4 is 0 Å². The van der Waals surface area contributed by atoms with Crippen LogP contribution in [-0.4, -0.2) is 14.1 Å². The maximum atomic E-state index is 10.6. The van der Waals surface area contributed by atoms with Crippen LogP contribution in [-0.2, 0) is 17.5 Å². The van der Waals surface area contributed by atoms with Crippen LogP contribution in [0, 0.1) is 0 Å². The van der Waals surface area contributed by atoms with Gasteiger partial charge in [0.05, 0.1) is 4.90 Å². The van der Waals surface area contributed by atoms with E-state index in [-0.39, 0.29) is 5.38 Å². The van der Waals surface area contributed by atoms with Crippen molar-refractivity contribution < 1.29 is 8.76 Å². The Hall–Kier alpha value is -0.380. The third-order valence-corrected chi connectivity index (χ3v) is 2.47. The highest BCUT2D eigenvalue weighted by Gasteiger charge is 2.01. The van der Waals surface area contributed by atoms with E-state index in [0.29, 0.717) is 4.90 Å². The predicted octanol–water partition coefficient (Wildman–Crippen LogP) is 2.44. The normalized spacial score (nSPS) is 15.3. The maximum absolute atomic E-state index is 10.6. The largest absolute Gasteiger partial charge is 0.302 e. The standard InChI is InChI=1S/C9H11ClO2S/c1-7(10)6-8-2-4-9(5-3-8)13(11)12/h2-5,7H,6H2,1H3,(H,11,12). The second kappa shape index (κ2) is 4.74. The maximum Gasteiger partial charge on any atom is 0.186 e. The summed E-state index contributed by atoms with van der Waals surface area (Å²) in [6.45, 7) is 1.92. The zero-order valence-corrected chi connectivity index (χ0v) is 8.81. The van der Waals surface area contributed by atoms with Crippen molar-refractivity contribution in [2.45, 2.75) is 23.6 Å². The first-order valence-corrected chi connectivity index (χ1v) is 5.48. The molecule has 0 fully saturated rings. The Morgan fingerprint density at radius 3 is 2.38 bits per heavy atom. The van der Waals surface area contributed by atoms with Gasteiger partial charge in [-0.15, -0.1) is 11.6 Å². The number of hydrogen-bond donors (Lipinski definition) is 1. The van der Waals surface area contributed by atoms with Gasteiger partial charge in [-0.05, 0) is 31.0 Å². The van der Waals surface area contributed by atoms with E-state index in [0.717, 1.165) is 12.0 Å². The van der Waals surface area contributed by atoms with Crippen molar-refractivity contribution in [3.05, 3.63) is 29.8 Å². The van der Waals surface area contributed by atoms with Gasteiger partial charge in [-0.2, -0.15) is 0 Å². The van der Waals surface area contributed by atoms with Gasteiger partial charge in [-0.25, -0.2) is 4.21 Å². The third-order valence-electron chi connectivity index (χ3n) is 1.64. The highest BCUT2D eigenvalue weighted by Crippen LogP contribution is 2.11. The molecule has 0 aliphatic carbocycles. The predicted molar refractivity (Wildman–Crippen MR) is 54.5 cm³/mol. The number of hydrogen-bond acceptors (Lipinski definition) is 1. The summed E-state index contributed by atoms with van der Waals surface area (Å²) in [6.07, 6.45) is 0.778. The van der Waals surface area contributed by atoms with Crippen molar-refractivity contribution in [1.82, 2.24) is 0 Å². The smallest absolute Gasteiger partial charge is 0.186 e. The summed E-state index contributed by atoms with van der Waals surface area (Å²) in [5.41, 5.74) is 1.08. The molecule has 1 aromatic rings. The van der Waals surface area contributed by atoms with Crippen molar-refractivity contribution in [3.8, 4) is 0 Å². The molecule has 0 amide bonds. The van der Waals surface area contributed by atoms with E-state index in [2.05, 4.69) is 0 Å². The quantitative estimate of drug-likeness (QED) is 0.625. The van der Waals surface area contributed by atoms with Gasteiger partial charge < -0.3 is 4.55 Å². The SMILES string of the molecule is CC(Cl)Cc1ccc(S(=O)O)cc1. The Kier molecular flexibility index (Phi) is 3.90. The summed E-state index contributed by atoms with van der Waals surface area (Å²) in [7, 11) is 0. The molecule has 4 heteroatoms. The Morgan fingerprint density at radius 1 is 1.46 bits per heavy atom. The van der Waals surface area contributed by atoms with Crippen molar-refractivity contribution in [2.24, 2.45) is 0 Å². The molecule has 0 aliphatic heterocycles. The highest BCUT2D eigenvalue weighted by molar-refractivity contribution is 7.79. The van der Waals surface area contributed by atoms with Crippen LogP contribution >= 0.6 is 11.6 Å². The summed E-state index contributed by atoms with van der Waals surface area (Å²) in [5.74, 6) is 0. The minimum Gasteiger partial charge on any atom is -0.302 e. The number of alkyl halides is 1. The second-order valence-corrected chi connectivity index (χ2v) is 4.59. The molecule has 2 nitrogen and oxygen atoms in total. The lowest BCUT2D eigenvalue weighted by Gasteiger charge is -2.03. The zero-order chi connectivity index (χ0) is 9.84. The molecule has 0 aliphatic rings. The lowest BCUT2D eigenvalue weighted by molar-refractivity contribution is 0.564. The zero-order valence-electron chi connectivity index (χ0n) is 7.24. The van der Waals surface area contributed by atoms with Crippen LogP contribution in [0.25, 0.3) is 0 Å². The van der Waals surface area contributed by atoms with Crippen LogP contribution in [0.3, 0.4) is 0 Å². The molecule has 1 rings (SSSR count). The minimum absolute atomic E-state index is 0.0884. The lowest BCUT2D eigenvalue weighted by Crippen LogP contribution is -1.97. The average Bonchev–Trinajstić information content (AvgIpc) is 2.04. The van der Waals surface area contributed by atoms with Crippen LogP contribution in [0.1, 0.15) is 12.5 Å². The van der Waals surface area contributed by atoms with Gasteiger partial charge in [0.2, 0.25) is 0 Å². The van der Waals surface area contributed by atoms with E-state index >= 15 is 0 Å². The van der Waals surface area contributed by atoms with Gasteiger partial charge in [-0.1, -0.05) is 12.1 Å². The highest BCUT2D eigenvalue weighted by atomic mass is 35.5. The van der Waals surface area contributed by atoms with Crippen molar-refractivity contribution in [3.63, 3.8) is 0 Å². The first-order valence-electron chi connectivity index (χ1n) is 3.93. The molecule has 72 valence electrons. The Balaban J connectivity index is 2.75.